The molecule has 0 bridgehead atoms. The third-order valence-corrected chi connectivity index (χ3v) is 4.53. The van der Waals surface area contributed by atoms with Gasteiger partial charge in [0.25, 0.3) is 5.91 Å². The van der Waals surface area contributed by atoms with Gasteiger partial charge in [0.2, 0.25) is 5.95 Å². The molecule has 144 valence electrons. The molecule has 0 aliphatic carbocycles. The van der Waals surface area contributed by atoms with Gasteiger partial charge in [0.1, 0.15) is 11.6 Å². The van der Waals surface area contributed by atoms with Gasteiger partial charge in [-0.3, -0.25) is 4.79 Å². The minimum atomic E-state index is -0.357. The first-order valence-corrected chi connectivity index (χ1v) is 8.91. The molecule has 0 unspecified atom stereocenters. The second-order valence-electron chi connectivity index (χ2n) is 6.47. The number of aromatic nitrogens is 3. The van der Waals surface area contributed by atoms with Gasteiger partial charge in [-0.15, -0.1) is 0 Å². The zero-order valence-electron chi connectivity index (χ0n) is 15.3. The molecule has 4 rings (SSSR count). The summed E-state index contributed by atoms with van der Waals surface area (Å²) in [5.74, 6) is 0.920. The highest BCUT2D eigenvalue weighted by Crippen LogP contribution is 2.21. The fraction of sp³-hybridized carbons (Fsp3) is 0.263. The normalized spacial score (nSPS) is 14.2. The Morgan fingerprint density at radius 3 is 2.43 bits per heavy atom. The number of anilines is 3. The molecule has 3 heterocycles. The highest BCUT2D eigenvalue weighted by molar-refractivity contribution is 6.03. The molecule has 0 atom stereocenters. The molecule has 1 fully saturated rings. The van der Waals surface area contributed by atoms with Crippen LogP contribution in [0.1, 0.15) is 16.1 Å². The van der Waals surface area contributed by atoms with Gasteiger partial charge < -0.3 is 19.6 Å². The lowest BCUT2D eigenvalue weighted by Gasteiger charge is -2.36. The van der Waals surface area contributed by atoms with Gasteiger partial charge in [-0.25, -0.2) is 14.4 Å². The molecule has 0 radical (unpaired) electrons. The number of benzene rings is 1. The van der Waals surface area contributed by atoms with Crippen LogP contribution in [0.4, 0.5) is 21.8 Å². The highest BCUT2D eigenvalue weighted by Gasteiger charge is 2.21. The number of hydrogen-bond donors (Lipinski definition) is 1. The van der Waals surface area contributed by atoms with E-state index in [-0.39, 0.29) is 11.7 Å². The Morgan fingerprint density at radius 1 is 1.11 bits per heavy atom. The monoisotopic (exact) mass is 382 g/mol. The van der Waals surface area contributed by atoms with Crippen LogP contribution in [0.3, 0.4) is 0 Å². The van der Waals surface area contributed by atoms with Crippen molar-refractivity contribution in [2.45, 2.75) is 6.92 Å². The Morgan fingerprint density at radius 2 is 1.79 bits per heavy atom. The van der Waals surface area contributed by atoms with Crippen LogP contribution in [0.2, 0.25) is 0 Å². The number of nitrogens with one attached hydrogen (secondary N) is 1. The quantitative estimate of drug-likeness (QED) is 0.742. The lowest BCUT2D eigenvalue weighted by atomic mass is 10.2. The average molecular weight is 382 g/mol. The van der Waals surface area contributed by atoms with Crippen LogP contribution in [-0.4, -0.2) is 47.2 Å². The number of carbonyl (C=O) groups is 1. The fourth-order valence-electron chi connectivity index (χ4n) is 3.07. The number of piperazine rings is 1. The maximum atomic E-state index is 13.9. The summed E-state index contributed by atoms with van der Waals surface area (Å²) in [6.45, 7) is 4.40. The first-order chi connectivity index (χ1) is 13.6. The molecule has 9 heteroatoms. The average Bonchev–Trinajstić information content (AvgIpc) is 3.13. The van der Waals surface area contributed by atoms with E-state index in [2.05, 4.69) is 20.4 Å². The summed E-state index contributed by atoms with van der Waals surface area (Å²) in [4.78, 5) is 24.8. The van der Waals surface area contributed by atoms with Crippen LogP contribution in [0, 0.1) is 12.7 Å². The molecule has 1 aliphatic heterocycles. The van der Waals surface area contributed by atoms with Crippen molar-refractivity contribution in [3.05, 3.63) is 59.9 Å². The van der Waals surface area contributed by atoms with Gasteiger partial charge in [-0.2, -0.15) is 0 Å². The zero-order valence-corrected chi connectivity index (χ0v) is 15.3. The molecule has 1 aromatic carbocycles. The largest absolute Gasteiger partial charge is 0.366 e. The van der Waals surface area contributed by atoms with E-state index in [9.17, 15) is 9.18 Å². The number of nitrogens with zero attached hydrogens (tertiary/aromatic N) is 5. The Bertz CT molecular complexity index is 967. The van der Waals surface area contributed by atoms with Gasteiger partial charge in [-0.1, -0.05) is 17.3 Å². The third kappa shape index (κ3) is 3.78. The number of aryl methyl sites for hydroxylation is 1. The van der Waals surface area contributed by atoms with Crippen molar-refractivity contribution in [3.8, 4) is 0 Å². The van der Waals surface area contributed by atoms with Crippen LogP contribution in [-0.2, 0) is 0 Å². The molecule has 1 amide bonds. The molecule has 2 aromatic heterocycles. The lowest BCUT2D eigenvalue weighted by molar-refractivity contribution is 0.102. The molecular weight excluding hydrogens is 363 g/mol. The molecule has 0 spiro atoms. The minimum Gasteiger partial charge on any atom is -0.366 e. The second-order valence-corrected chi connectivity index (χ2v) is 6.47. The van der Waals surface area contributed by atoms with Crippen molar-refractivity contribution in [2.24, 2.45) is 0 Å². The van der Waals surface area contributed by atoms with E-state index in [1.165, 1.54) is 18.5 Å². The molecule has 1 N–H and O–H groups in total. The van der Waals surface area contributed by atoms with E-state index in [0.717, 1.165) is 0 Å². The first kappa shape index (κ1) is 17.9. The van der Waals surface area contributed by atoms with Gasteiger partial charge in [0.05, 0.1) is 11.3 Å². The summed E-state index contributed by atoms with van der Waals surface area (Å²) < 4.78 is 18.9. The third-order valence-electron chi connectivity index (χ3n) is 4.53. The van der Waals surface area contributed by atoms with E-state index in [4.69, 9.17) is 4.52 Å². The van der Waals surface area contributed by atoms with E-state index in [0.29, 0.717) is 55.0 Å². The smallest absolute Gasteiger partial charge is 0.260 e. The van der Waals surface area contributed by atoms with Gasteiger partial charge >= 0.3 is 0 Å². The molecule has 3 aromatic rings. The van der Waals surface area contributed by atoms with Crippen LogP contribution >= 0.6 is 0 Å². The van der Waals surface area contributed by atoms with E-state index < -0.39 is 0 Å². The van der Waals surface area contributed by atoms with Crippen molar-refractivity contribution in [3.63, 3.8) is 0 Å². The van der Waals surface area contributed by atoms with Crippen LogP contribution in [0.25, 0.3) is 0 Å². The second kappa shape index (κ2) is 7.63. The number of hydrogen-bond acceptors (Lipinski definition) is 7. The molecule has 0 saturated carbocycles. The SMILES string of the molecule is Cc1cc(NC(=O)c2cnc(N3CCN(c4ccccc4F)CC3)nc2)no1. The standard InChI is InChI=1S/C19H19FN6O2/c1-13-10-17(24-28-13)23-18(27)14-11-21-19(22-12-14)26-8-6-25(7-9-26)16-5-3-2-4-15(16)20/h2-5,10-12H,6-9H2,1H3,(H,23,24,27). The van der Waals surface area contributed by atoms with E-state index >= 15 is 0 Å². The molecular formula is C19H19FN6O2. The number of amides is 1. The Balaban J connectivity index is 1.37. The summed E-state index contributed by atoms with van der Waals surface area (Å²) in [5.41, 5.74) is 0.938. The van der Waals surface area contributed by atoms with Crippen LogP contribution in [0.15, 0.2) is 47.2 Å². The van der Waals surface area contributed by atoms with Crippen LogP contribution < -0.4 is 15.1 Å². The molecule has 28 heavy (non-hydrogen) atoms. The summed E-state index contributed by atoms with van der Waals surface area (Å²) in [7, 11) is 0. The van der Waals surface area contributed by atoms with Crippen molar-refractivity contribution in [1.82, 2.24) is 15.1 Å². The van der Waals surface area contributed by atoms with Crippen molar-refractivity contribution >= 4 is 23.4 Å². The van der Waals surface area contributed by atoms with Crippen molar-refractivity contribution < 1.29 is 13.7 Å². The molecule has 8 nitrogen and oxygen atoms in total. The maximum Gasteiger partial charge on any atom is 0.260 e. The Labute approximate surface area is 161 Å². The van der Waals surface area contributed by atoms with Crippen LogP contribution in [0.5, 0.6) is 0 Å². The van der Waals surface area contributed by atoms with E-state index in [1.54, 1.807) is 25.1 Å². The van der Waals surface area contributed by atoms with Gasteiger partial charge in [-0.05, 0) is 19.1 Å². The topological polar surface area (TPSA) is 87.4 Å². The minimum absolute atomic E-state index is 0.218. The summed E-state index contributed by atoms with van der Waals surface area (Å²) in [6.07, 6.45) is 2.96. The molecule has 1 saturated heterocycles. The Hall–Kier alpha value is -3.49. The van der Waals surface area contributed by atoms with E-state index in [1.807, 2.05) is 15.9 Å². The number of carbonyl (C=O) groups excluding carboxylic acids is 1. The molecule has 1 aliphatic rings. The van der Waals surface area contributed by atoms with Gasteiger partial charge in [0, 0.05) is 44.6 Å². The van der Waals surface area contributed by atoms with Gasteiger partial charge in [0.15, 0.2) is 5.82 Å². The summed E-state index contributed by atoms with van der Waals surface area (Å²) >= 11 is 0. The first-order valence-electron chi connectivity index (χ1n) is 8.91. The predicted molar refractivity (Wildman–Crippen MR) is 102 cm³/mol. The number of para-hydroxylation sites is 1. The number of halogens is 1. The maximum absolute atomic E-state index is 13.9. The van der Waals surface area contributed by atoms with Crippen molar-refractivity contribution in [1.29, 1.82) is 0 Å². The summed E-state index contributed by atoms with van der Waals surface area (Å²) in [5, 5.41) is 6.35. The number of rotatable bonds is 4. The lowest BCUT2D eigenvalue weighted by Crippen LogP contribution is -2.47. The predicted octanol–water partition coefficient (Wildman–Crippen LogP) is 2.49. The zero-order chi connectivity index (χ0) is 19.5. The van der Waals surface area contributed by atoms with Crippen molar-refractivity contribution in [2.75, 3.05) is 41.3 Å². The Kier molecular flexibility index (Phi) is 4.88. The fourth-order valence-corrected chi connectivity index (χ4v) is 3.07. The highest BCUT2D eigenvalue weighted by atomic mass is 19.1. The summed E-state index contributed by atoms with van der Waals surface area (Å²) in [6, 6.07) is 8.39.